The largest absolute Gasteiger partial charge is 0.327 e. The predicted octanol–water partition coefficient (Wildman–Crippen LogP) is 3.29. The zero-order valence-electron chi connectivity index (χ0n) is 14.6. The Labute approximate surface area is 159 Å². The lowest BCUT2D eigenvalue weighted by molar-refractivity contribution is 0.155. The molecule has 0 spiro atoms. The Hall–Kier alpha value is -0.990. The number of hydrogen-bond donors (Lipinski definition) is 1. The first-order valence-electron chi connectivity index (χ1n) is 7.98. The summed E-state index contributed by atoms with van der Waals surface area (Å²) in [7, 11) is -3.53. The van der Waals surface area contributed by atoms with Crippen molar-refractivity contribution in [1.82, 2.24) is 9.29 Å². The summed E-state index contributed by atoms with van der Waals surface area (Å²) in [6.45, 7) is 6.88. The van der Waals surface area contributed by atoms with E-state index in [1.807, 2.05) is 32.2 Å². The van der Waals surface area contributed by atoms with E-state index in [2.05, 4.69) is 4.98 Å². The first-order valence-corrected chi connectivity index (χ1v) is 10.3. The molecule has 138 valence electrons. The molecule has 0 saturated carbocycles. The van der Waals surface area contributed by atoms with Crippen molar-refractivity contribution in [1.29, 1.82) is 0 Å². The van der Waals surface area contributed by atoms with E-state index in [4.69, 9.17) is 5.73 Å². The molecule has 0 aliphatic carbocycles. The van der Waals surface area contributed by atoms with Gasteiger partial charge in [0.25, 0.3) is 0 Å². The van der Waals surface area contributed by atoms with Crippen molar-refractivity contribution < 1.29 is 8.42 Å². The highest BCUT2D eigenvalue weighted by atomic mass is 35.5. The summed E-state index contributed by atoms with van der Waals surface area (Å²) in [5.74, 6) is 0. The van der Waals surface area contributed by atoms with Crippen LogP contribution in [-0.4, -0.2) is 36.8 Å². The average Bonchev–Trinajstić information content (AvgIpc) is 2.96. The molecule has 2 heterocycles. The Morgan fingerprint density at radius 1 is 1.36 bits per heavy atom. The van der Waals surface area contributed by atoms with E-state index in [0.717, 1.165) is 16.3 Å². The fourth-order valence-corrected chi connectivity index (χ4v) is 5.42. The van der Waals surface area contributed by atoms with E-state index in [1.54, 1.807) is 22.5 Å². The van der Waals surface area contributed by atoms with Gasteiger partial charge in [-0.25, -0.2) is 13.4 Å². The Morgan fingerprint density at radius 3 is 2.68 bits per heavy atom. The summed E-state index contributed by atoms with van der Waals surface area (Å²) >= 11 is 1.52. The number of benzene rings is 1. The number of nitrogens with two attached hydrogens (primary N) is 1. The Balaban J connectivity index is 0.00000225. The Kier molecular flexibility index (Phi) is 5.95. The van der Waals surface area contributed by atoms with Crippen LogP contribution in [0.25, 0.3) is 10.6 Å². The highest BCUT2D eigenvalue weighted by molar-refractivity contribution is 7.89. The normalized spacial score (nSPS) is 20.9. The first kappa shape index (κ1) is 20.3. The number of halogens is 1. The summed E-state index contributed by atoms with van der Waals surface area (Å²) in [4.78, 5) is 4.76. The molecule has 1 fully saturated rings. The molecule has 1 aromatic carbocycles. The fourth-order valence-electron chi connectivity index (χ4n) is 2.96. The maximum Gasteiger partial charge on any atom is 0.243 e. The van der Waals surface area contributed by atoms with Crippen LogP contribution in [0.4, 0.5) is 0 Å². The number of aromatic nitrogens is 1. The minimum absolute atomic E-state index is 0. The summed E-state index contributed by atoms with van der Waals surface area (Å²) < 4.78 is 27.6. The summed E-state index contributed by atoms with van der Waals surface area (Å²) in [5, 5.41) is 2.80. The Bertz CT molecular complexity index is 849. The minimum atomic E-state index is -3.53. The number of sulfonamides is 1. The quantitative estimate of drug-likeness (QED) is 0.856. The highest BCUT2D eigenvalue weighted by Crippen LogP contribution is 2.32. The summed E-state index contributed by atoms with van der Waals surface area (Å²) in [5.41, 5.74) is 7.68. The number of nitrogens with zero attached hydrogens (tertiary/aromatic N) is 2. The third kappa shape index (κ3) is 4.06. The van der Waals surface area contributed by atoms with Gasteiger partial charge in [0, 0.05) is 35.8 Å². The van der Waals surface area contributed by atoms with Gasteiger partial charge in [-0.3, -0.25) is 0 Å². The molecule has 0 amide bonds. The molecule has 1 aliphatic rings. The number of piperidine rings is 1. The lowest BCUT2D eigenvalue weighted by atomic mass is 9.81. The number of hydrogen-bond acceptors (Lipinski definition) is 5. The molecule has 2 N–H and O–H groups in total. The summed E-state index contributed by atoms with van der Waals surface area (Å²) in [6.07, 6.45) is 0.678. The first-order chi connectivity index (χ1) is 11.2. The average molecular weight is 402 g/mol. The number of thiazole rings is 1. The van der Waals surface area contributed by atoms with Crippen molar-refractivity contribution in [2.75, 3.05) is 13.1 Å². The maximum absolute atomic E-state index is 13.0. The smallest absolute Gasteiger partial charge is 0.243 e. The third-order valence-electron chi connectivity index (χ3n) is 4.61. The minimum Gasteiger partial charge on any atom is -0.327 e. The molecule has 1 saturated heterocycles. The van der Waals surface area contributed by atoms with Gasteiger partial charge in [0.05, 0.1) is 4.90 Å². The van der Waals surface area contributed by atoms with Crippen LogP contribution in [0, 0.1) is 12.3 Å². The fraction of sp³-hybridized carbons (Fsp3) is 0.471. The molecule has 1 aliphatic heterocycles. The lowest BCUT2D eigenvalue weighted by Gasteiger charge is -2.41. The Morgan fingerprint density at radius 2 is 2.08 bits per heavy atom. The number of rotatable bonds is 3. The van der Waals surface area contributed by atoms with E-state index >= 15 is 0 Å². The van der Waals surface area contributed by atoms with Crippen LogP contribution in [0.15, 0.2) is 34.5 Å². The van der Waals surface area contributed by atoms with E-state index in [-0.39, 0.29) is 23.9 Å². The third-order valence-corrected chi connectivity index (χ3v) is 7.47. The molecule has 8 heteroatoms. The molecule has 1 atom stereocenters. The lowest BCUT2D eigenvalue weighted by Crippen LogP contribution is -2.53. The van der Waals surface area contributed by atoms with Gasteiger partial charge in [0.1, 0.15) is 5.01 Å². The zero-order chi connectivity index (χ0) is 17.5. The molecule has 1 unspecified atom stereocenters. The molecule has 3 rings (SSSR count). The SMILES string of the molecule is Cc1csc(-c2cccc(S(=O)(=O)N3CCC(N)C(C)(C)C3)c2)n1.Cl. The van der Waals surface area contributed by atoms with Gasteiger partial charge in [-0.1, -0.05) is 26.0 Å². The van der Waals surface area contributed by atoms with Crippen molar-refractivity contribution in [2.45, 2.75) is 38.1 Å². The second-order valence-corrected chi connectivity index (χ2v) is 9.84. The van der Waals surface area contributed by atoms with Gasteiger partial charge >= 0.3 is 0 Å². The number of aryl methyl sites for hydroxylation is 1. The molecule has 1 aromatic heterocycles. The van der Waals surface area contributed by atoms with Gasteiger partial charge in [-0.05, 0) is 30.9 Å². The second kappa shape index (κ2) is 7.32. The highest BCUT2D eigenvalue weighted by Gasteiger charge is 2.38. The van der Waals surface area contributed by atoms with Crippen molar-refractivity contribution in [2.24, 2.45) is 11.1 Å². The van der Waals surface area contributed by atoms with Gasteiger partial charge in [0.2, 0.25) is 10.0 Å². The van der Waals surface area contributed by atoms with Crippen LogP contribution in [0.1, 0.15) is 26.0 Å². The summed E-state index contributed by atoms with van der Waals surface area (Å²) in [6, 6.07) is 7.07. The molecule has 5 nitrogen and oxygen atoms in total. The molecule has 0 radical (unpaired) electrons. The van der Waals surface area contributed by atoms with Crippen molar-refractivity contribution in [3.05, 3.63) is 35.3 Å². The monoisotopic (exact) mass is 401 g/mol. The predicted molar refractivity (Wildman–Crippen MR) is 105 cm³/mol. The molecular formula is C17H24ClN3O2S2. The van der Waals surface area contributed by atoms with E-state index in [1.165, 1.54) is 11.3 Å². The van der Waals surface area contributed by atoms with Gasteiger partial charge in [-0.2, -0.15) is 4.31 Å². The van der Waals surface area contributed by atoms with E-state index in [9.17, 15) is 8.42 Å². The molecule has 2 aromatic rings. The van der Waals surface area contributed by atoms with Gasteiger partial charge < -0.3 is 5.73 Å². The standard InChI is InChI=1S/C17H23N3O2S2.ClH/c1-12-10-23-16(19-12)13-5-4-6-14(9-13)24(21,22)20-8-7-15(18)17(2,3)11-20;/h4-6,9-10,15H,7-8,11,18H2,1-3H3;1H. The van der Waals surface area contributed by atoms with Crippen LogP contribution >= 0.6 is 23.7 Å². The van der Waals surface area contributed by atoms with Gasteiger partial charge in [-0.15, -0.1) is 23.7 Å². The van der Waals surface area contributed by atoms with Gasteiger partial charge in [0.15, 0.2) is 0 Å². The topological polar surface area (TPSA) is 76.3 Å². The van der Waals surface area contributed by atoms with Crippen molar-refractivity contribution >= 4 is 33.8 Å². The molecular weight excluding hydrogens is 378 g/mol. The van der Waals surface area contributed by atoms with E-state index < -0.39 is 10.0 Å². The van der Waals surface area contributed by atoms with Crippen LogP contribution in [0.2, 0.25) is 0 Å². The molecule has 0 bridgehead atoms. The molecule has 25 heavy (non-hydrogen) atoms. The van der Waals surface area contributed by atoms with Crippen molar-refractivity contribution in [3.63, 3.8) is 0 Å². The van der Waals surface area contributed by atoms with Crippen LogP contribution in [-0.2, 0) is 10.0 Å². The second-order valence-electron chi connectivity index (χ2n) is 7.04. The van der Waals surface area contributed by atoms with Crippen LogP contribution in [0.5, 0.6) is 0 Å². The zero-order valence-corrected chi connectivity index (χ0v) is 17.0. The van der Waals surface area contributed by atoms with Crippen LogP contribution in [0.3, 0.4) is 0 Å². The van der Waals surface area contributed by atoms with Crippen molar-refractivity contribution in [3.8, 4) is 10.6 Å². The van der Waals surface area contributed by atoms with Crippen LogP contribution < -0.4 is 5.73 Å². The maximum atomic E-state index is 13.0. The van der Waals surface area contributed by atoms with E-state index in [0.29, 0.717) is 24.4 Å².